The fourth-order valence-corrected chi connectivity index (χ4v) is 1.09. The van der Waals surface area contributed by atoms with Gasteiger partial charge in [0.2, 0.25) is 0 Å². The second-order valence-electron chi connectivity index (χ2n) is 3.22. The largest absolute Gasteiger partial charge is 0.270 e. The van der Waals surface area contributed by atoms with Gasteiger partial charge in [-0.2, -0.15) is 8.78 Å². The third kappa shape index (κ3) is 2.58. The number of hydrogen-bond donors (Lipinski definition) is 0. The normalized spacial score (nSPS) is 10.4. The summed E-state index contributed by atoms with van der Waals surface area (Å²) < 4.78 is 36.9. The van der Waals surface area contributed by atoms with Gasteiger partial charge in [-0.15, -0.1) is 0 Å². The van der Waals surface area contributed by atoms with Gasteiger partial charge >= 0.3 is 0 Å². The van der Waals surface area contributed by atoms with Crippen molar-refractivity contribution in [3.63, 3.8) is 0 Å². The summed E-state index contributed by atoms with van der Waals surface area (Å²) in [6.45, 7) is 3.58. The summed E-state index contributed by atoms with van der Waals surface area (Å²) >= 11 is 0. The Balaban J connectivity index is 3.07. The van der Waals surface area contributed by atoms with Crippen molar-refractivity contribution in [2.75, 3.05) is 0 Å². The van der Waals surface area contributed by atoms with Crippen molar-refractivity contribution < 1.29 is 13.2 Å². The van der Waals surface area contributed by atoms with Gasteiger partial charge in [0.1, 0.15) is 5.82 Å². The van der Waals surface area contributed by atoms with Crippen molar-refractivity contribution in [2.24, 2.45) is 0 Å². The molecule has 0 aliphatic heterocycles. The molecule has 14 heavy (non-hydrogen) atoms. The Kier molecular flexibility index (Phi) is 3.28. The summed E-state index contributed by atoms with van der Waals surface area (Å²) in [6.07, 6.45) is -0.0407. The lowest BCUT2D eigenvalue weighted by Gasteiger charge is -2.05. The van der Waals surface area contributed by atoms with Crippen LogP contribution in [0, 0.1) is 5.82 Å². The smallest absolute Gasteiger partial charge is 0.257 e. The van der Waals surface area contributed by atoms with Gasteiger partial charge in [-0.05, 0) is 12.0 Å². The molecule has 0 atom stereocenters. The first-order valence-electron chi connectivity index (χ1n) is 4.19. The minimum absolute atomic E-state index is 0.0525. The van der Waals surface area contributed by atoms with E-state index in [2.05, 4.69) is 4.98 Å². The molecule has 76 valence electrons. The number of hydrogen-bond acceptors (Lipinski definition) is 1. The molecule has 1 rings (SSSR count). The average Bonchev–Trinajstić information content (AvgIpc) is 2.01. The van der Waals surface area contributed by atoms with Crippen molar-refractivity contribution in [1.29, 1.82) is 0 Å². The molecule has 0 fully saturated rings. The maximum Gasteiger partial charge on any atom is 0.270 e. The monoisotopic (exact) mass is 201 g/mol. The highest BCUT2D eigenvalue weighted by Crippen LogP contribution is 2.17. The SMILES string of the molecule is CC(C)c1ncc(C=C(F)F)cc1F. The standard InChI is InChI=1S/C10H10F3N/c1-6(2)10-8(11)3-7(5-14-10)4-9(12)13/h3-6H,1-2H3. The zero-order valence-electron chi connectivity index (χ0n) is 7.89. The summed E-state index contributed by atoms with van der Waals surface area (Å²) in [5.74, 6) is -0.599. The molecular weight excluding hydrogens is 191 g/mol. The van der Waals surface area contributed by atoms with Crippen LogP contribution in [0.15, 0.2) is 18.3 Å². The van der Waals surface area contributed by atoms with Crippen LogP contribution in [0.25, 0.3) is 6.08 Å². The molecule has 0 unspecified atom stereocenters. The van der Waals surface area contributed by atoms with Crippen LogP contribution in [0.3, 0.4) is 0 Å². The number of nitrogens with zero attached hydrogens (tertiary/aromatic N) is 1. The van der Waals surface area contributed by atoms with E-state index in [1.807, 2.05) is 0 Å². The molecule has 4 heteroatoms. The molecule has 0 aliphatic rings. The van der Waals surface area contributed by atoms with Crippen LogP contribution in [-0.4, -0.2) is 4.98 Å². The van der Waals surface area contributed by atoms with Crippen molar-refractivity contribution in [3.05, 3.63) is 35.4 Å². The van der Waals surface area contributed by atoms with Gasteiger partial charge in [-0.3, -0.25) is 4.98 Å². The average molecular weight is 201 g/mol. The van der Waals surface area contributed by atoms with E-state index in [1.165, 1.54) is 6.20 Å². The van der Waals surface area contributed by atoms with Gasteiger partial charge in [0.15, 0.2) is 0 Å². The number of aromatic nitrogens is 1. The Morgan fingerprint density at radius 1 is 1.43 bits per heavy atom. The minimum Gasteiger partial charge on any atom is -0.257 e. The molecule has 0 aliphatic carbocycles. The maximum absolute atomic E-state index is 13.2. The van der Waals surface area contributed by atoms with E-state index in [-0.39, 0.29) is 11.5 Å². The van der Waals surface area contributed by atoms with Crippen LogP contribution in [0.5, 0.6) is 0 Å². The number of rotatable bonds is 2. The first-order valence-corrected chi connectivity index (χ1v) is 4.19. The highest BCUT2D eigenvalue weighted by molar-refractivity contribution is 5.48. The predicted octanol–water partition coefficient (Wildman–Crippen LogP) is 3.58. The first-order chi connectivity index (χ1) is 6.50. The molecule has 0 aromatic carbocycles. The lowest BCUT2D eigenvalue weighted by Crippen LogP contribution is -1.97. The highest BCUT2D eigenvalue weighted by atomic mass is 19.3. The predicted molar refractivity (Wildman–Crippen MR) is 48.5 cm³/mol. The van der Waals surface area contributed by atoms with Gasteiger partial charge in [-0.1, -0.05) is 13.8 Å². The van der Waals surface area contributed by atoms with E-state index in [0.717, 1.165) is 6.07 Å². The molecule has 0 radical (unpaired) electrons. The summed E-state index contributed by atoms with van der Waals surface area (Å²) in [6, 6.07) is 1.06. The first kappa shape index (κ1) is 10.8. The van der Waals surface area contributed by atoms with Gasteiger partial charge < -0.3 is 0 Å². The highest BCUT2D eigenvalue weighted by Gasteiger charge is 2.08. The van der Waals surface area contributed by atoms with E-state index in [4.69, 9.17) is 0 Å². The molecule has 1 heterocycles. The fourth-order valence-electron chi connectivity index (χ4n) is 1.09. The zero-order chi connectivity index (χ0) is 10.7. The van der Waals surface area contributed by atoms with Crippen LogP contribution in [0.4, 0.5) is 13.2 Å². The van der Waals surface area contributed by atoms with Crippen LogP contribution < -0.4 is 0 Å². The van der Waals surface area contributed by atoms with Crippen molar-refractivity contribution in [2.45, 2.75) is 19.8 Å². The molecule has 1 nitrogen and oxygen atoms in total. The van der Waals surface area contributed by atoms with E-state index >= 15 is 0 Å². The topological polar surface area (TPSA) is 12.9 Å². The quantitative estimate of drug-likeness (QED) is 0.712. The summed E-state index contributed by atoms with van der Waals surface area (Å²) in [4.78, 5) is 3.78. The number of halogens is 3. The van der Waals surface area contributed by atoms with E-state index in [0.29, 0.717) is 11.8 Å². The van der Waals surface area contributed by atoms with Crippen molar-refractivity contribution in [3.8, 4) is 0 Å². The Bertz CT molecular complexity index is 354. The lowest BCUT2D eigenvalue weighted by molar-refractivity contribution is 0.429. The molecule has 0 saturated carbocycles. The third-order valence-corrected chi connectivity index (χ3v) is 1.71. The summed E-state index contributed by atoms with van der Waals surface area (Å²) in [7, 11) is 0. The van der Waals surface area contributed by atoms with Crippen molar-refractivity contribution >= 4 is 6.08 Å². The minimum atomic E-state index is -1.86. The molecule has 1 aromatic rings. The fraction of sp³-hybridized carbons (Fsp3) is 0.300. The lowest BCUT2D eigenvalue weighted by atomic mass is 10.1. The molecular formula is C10H10F3N. The van der Waals surface area contributed by atoms with Gasteiger partial charge in [0, 0.05) is 17.8 Å². The Morgan fingerprint density at radius 3 is 2.50 bits per heavy atom. The molecule has 0 amide bonds. The van der Waals surface area contributed by atoms with Crippen LogP contribution in [-0.2, 0) is 0 Å². The van der Waals surface area contributed by atoms with Crippen molar-refractivity contribution in [1.82, 2.24) is 4.98 Å². The molecule has 1 aromatic heterocycles. The molecule has 0 saturated heterocycles. The maximum atomic E-state index is 13.2. The van der Waals surface area contributed by atoms with E-state index in [1.54, 1.807) is 13.8 Å². The second-order valence-corrected chi connectivity index (χ2v) is 3.22. The Morgan fingerprint density at radius 2 is 2.07 bits per heavy atom. The molecule has 0 bridgehead atoms. The zero-order valence-corrected chi connectivity index (χ0v) is 7.89. The van der Waals surface area contributed by atoms with E-state index in [9.17, 15) is 13.2 Å². The van der Waals surface area contributed by atoms with Crippen LogP contribution in [0.1, 0.15) is 31.0 Å². The van der Waals surface area contributed by atoms with Crippen LogP contribution in [0.2, 0.25) is 0 Å². The summed E-state index contributed by atoms with van der Waals surface area (Å²) in [5.41, 5.74) is 0.369. The van der Waals surface area contributed by atoms with Gasteiger partial charge in [0.25, 0.3) is 6.08 Å². The Labute approximate surface area is 80.3 Å². The van der Waals surface area contributed by atoms with Gasteiger partial charge in [-0.25, -0.2) is 4.39 Å². The molecule has 0 N–H and O–H groups in total. The second kappa shape index (κ2) is 4.26. The van der Waals surface area contributed by atoms with Gasteiger partial charge in [0.05, 0.1) is 5.69 Å². The molecule has 0 spiro atoms. The van der Waals surface area contributed by atoms with Crippen LogP contribution >= 0.6 is 0 Å². The third-order valence-electron chi connectivity index (χ3n) is 1.71. The Hall–Kier alpha value is -1.32. The summed E-state index contributed by atoms with van der Waals surface area (Å²) in [5, 5.41) is 0. The van der Waals surface area contributed by atoms with E-state index < -0.39 is 11.9 Å². The number of pyridine rings is 1.